The zero-order valence-electron chi connectivity index (χ0n) is 23.7. The van der Waals surface area contributed by atoms with Crippen LogP contribution in [0.3, 0.4) is 0 Å². The van der Waals surface area contributed by atoms with Crippen molar-refractivity contribution in [2.45, 2.75) is 31.6 Å². The molecule has 0 bridgehead atoms. The number of fused-ring (bicyclic) bond motifs is 2. The quantitative estimate of drug-likeness (QED) is 0.323. The van der Waals surface area contributed by atoms with Gasteiger partial charge in [0.05, 0.1) is 29.9 Å². The molecule has 1 saturated heterocycles. The first kappa shape index (κ1) is 29.4. The number of alkyl halides is 4. The standard InChI is InChI=1S/C30H34F4N6O2/c1-4-42-26-15-19(29(41)40-14-11-20(18-40)35-13-12-31)9-10-22(26)37-27-16-24-25(17-36-27)39(3)28(30(32,33)34)21-7-5-6-8-23(21)38(24)2/h5-10,15-17,20,28,35H,4,11-14,18H2,1-3H3,(H,36,37)/t20-,28?/m1/s1. The number of ether oxygens (including phenoxy) is 1. The van der Waals surface area contributed by atoms with E-state index in [0.29, 0.717) is 59.6 Å². The number of nitrogens with one attached hydrogen (secondary N) is 2. The average molecular weight is 587 g/mol. The number of aromatic nitrogens is 1. The van der Waals surface area contributed by atoms with E-state index in [0.717, 1.165) is 6.42 Å². The molecule has 8 nitrogen and oxygen atoms in total. The zero-order chi connectivity index (χ0) is 30.0. The minimum atomic E-state index is -4.50. The molecular weight excluding hydrogens is 552 g/mol. The minimum absolute atomic E-state index is 0.0619. The summed E-state index contributed by atoms with van der Waals surface area (Å²) < 4.78 is 61.2. The van der Waals surface area contributed by atoms with Crippen LogP contribution in [-0.4, -0.2) is 75.0 Å². The van der Waals surface area contributed by atoms with Gasteiger partial charge in [-0.05, 0) is 37.6 Å². The number of para-hydroxylation sites is 1. The lowest BCUT2D eigenvalue weighted by Crippen LogP contribution is -2.36. The van der Waals surface area contributed by atoms with Gasteiger partial charge in [0.25, 0.3) is 5.91 Å². The van der Waals surface area contributed by atoms with Crippen LogP contribution < -0.4 is 25.2 Å². The van der Waals surface area contributed by atoms with E-state index in [-0.39, 0.29) is 24.1 Å². The average Bonchev–Trinajstić information content (AvgIpc) is 3.41. The van der Waals surface area contributed by atoms with Crippen LogP contribution >= 0.6 is 0 Å². The molecule has 2 N–H and O–H groups in total. The second-order valence-electron chi connectivity index (χ2n) is 10.4. The van der Waals surface area contributed by atoms with Crippen LogP contribution in [0.25, 0.3) is 0 Å². The molecule has 2 aliphatic heterocycles. The van der Waals surface area contributed by atoms with Crippen molar-refractivity contribution < 1.29 is 27.1 Å². The highest BCUT2D eigenvalue weighted by Gasteiger charge is 2.47. The van der Waals surface area contributed by atoms with E-state index in [4.69, 9.17) is 4.74 Å². The molecule has 224 valence electrons. The van der Waals surface area contributed by atoms with Crippen molar-refractivity contribution >= 4 is 34.5 Å². The number of carbonyl (C=O) groups is 1. The molecule has 1 fully saturated rings. The lowest BCUT2D eigenvalue weighted by Gasteiger charge is -2.31. The molecule has 2 atom stereocenters. The Labute approximate surface area is 242 Å². The highest BCUT2D eigenvalue weighted by Crippen LogP contribution is 2.49. The van der Waals surface area contributed by atoms with Crippen molar-refractivity contribution in [1.82, 2.24) is 15.2 Å². The van der Waals surface area contributed by atoms with E-state index in [1.165, 1.54) is 24.2 Å². The van der Waals surface area contributed by atoms with E-state index in [1.54, 1.807) is 59.3 Å². The molecule has 42 heavy (non-hydrogen) atoms. The van der Waals surface area contributed by atoms with Crippen LogP contribution in [0.15, 0.2) is 54.7 Å². The molecule has 1 amide bonds. The maximum atomic E-state index is 14.3. The third-order valence-electron chi connectivity index (χ3n) is 7.69. The summed E-state index contributed by atoms with van der Waals surface area (Å²) in [4.78, 5) is 22.3. The van der Waals surface area contributed by atoms with Crippen molar-refractivity contribution in [2.24, 2.45) is 0 Å². The summed E-state index contributed by atoms with van der Waals surface area (Å²) in [5.41, 5.74) is 2.50. The van der Waals surface area contributed by atoms with E-state index in [9.17, 15) is 22.4 Å². The van der Waals surface area contributed by atoms with Crippen LogP contribution in [0.4, 0.5) is 46.1 Å². The summed E-state index contributed by atoms with van der Waals surface area (Å²) in [6.07, 6.45) is -2.32. The van der Waals surface area contributed by atoms with Crippen LogP contribution in [0, 0.1) is 0 Å². The number of hydrogen-bond donors (Lipinski definition) is 2. The van der Waals surface area contributed by atoms with E-state index in [2.05, 4.69) is 15.6 Å². The zero-order valence-corrected chi connectivity index (χ0v) is 23.7. The molecule has 0 spiro atoms. The number of hydrogen-bond acceptors (Lipinski definition) is 7. The molecule has 2 aromatic carbocycles. The van der Waals surface area contributed by atoms with Crippen molar-refractivity contribution in [1.29, 1.82) is 0 Å². The van der Waals surface area contributed by atoms with Gasteiger partial charge in [-0.1, -0.05) is 18.2 Å². The topological polar surface area (TPSA) is 73.0 Å². The lowest BCUT2D eigenvalue weighted by atomic mass is 10.0. The number of halogens is 4. The third kappa shape index (κ3) is 5.80. The Morgan fingerprint density at radius 1 is 1.10 bits per heavy atom. The Kier molecular flexibility index (Phi) is 8.44. The van der Waals surface area contributed by atoms with Crippen LogP contribution in [0.1, 0.15) is 35.3 Å². The molecule has 1 unspecified atom stereocenters. The van der Waals surface area contributed by atoms with Gasteiger partial charge in [0.15, 0.2) is 6.04 Å². The van der Waals surface area contributed by atoms with Gasteiger partial charge in [0.2, 0.25) is 0 Å². The number of pyridine rings is 1. The van der Waals surface area contributed by atoms with E-state index >= 15 is 0 Å². The first-order valence-electron chi connectivity index (χ1n) is 13.9. The van der Waals surface area contributed by atoms with Gasteiger partial charge in [-0.2, -0.15) is 13.2 Å². The highest BCUT2D eigenvalue weighted by molar-refractivity contribution is 5.96. The monoisotopic (exact) mass is 586 g/mol. The van der Waals surface area contributed by atoms with E-state index < -0.39 is 18.9 Å². The number of rotatable bonds is 8. The van der Waals surface area contributed by atoms with Gasteiger partial charge in [-0.3, -0.25) is 4.79 Å². The van der Waals surface area contributed by atoms with Crippen LogP contribution in [0.5, 0.6) is 5.75 Å². The molecule has 1 aromatic heterocycles. The van der Waals surface area contributed by atoms with Crippen LogP contribution in [-0.2, 0) is 0 Å². The normalized spacial score (nSPS) is 18.4. The van der Waals surface area contributed by atoms with Gasteiger partial charge in [0, 0.05) is 62.7 Å². The van der Waals surface area contributed by atoms with Crippen molar-refractivity contribution in [3.8, 4) is 5.75 Å². The summed E-state index contributed by atoms with van der Waals surface area (Å²) in [5, 5.41) is 6.33. The second kappa shape index (κ2) is 12.0. The molecule has 3 aromatic rings. The smallest absolute Gasteiger partial charge is 0.413 e. The first-order valence-corrected chi connectivity index (χ1v) is 13.9. The Balaban J connectivity index is 1.42. The summed E-state index contributed by atoms with van der Waals surface area (Å²) in [6, 6.07) is 11.5. The molecular formula is C30H34F4N6O2. The maximum Gasteiger partial charge on any atom is 0.413 e. The van der Waals surface area contributed by atoms with Gasteiger partial charge in [-0.15, -0.1) is 0 Å². The lowest BCUT2D eigenvalue weighted by molar-refractivity contribution is -0.149. The summed E-state index contributed by atoms with van der Waals surface area (Å²) in [7, 11) is 3.15. The van der Waals surface area contributed by atoms with Gasteiger partial charge in [0.1, 0.15) is 18.2 Å². The Bertz CT molecular complexity index is 1440. The predicted molar refractivity (Wildman–Crippen MR) is 155 cm³/mol. The number of carbonyl (C=O) groups excluding carboxylic acids is 1. The first-order chi connectivity index (χ1) is 20.1. The van der Waals surface area contributed by atoms with Gasteiger partial charge >= 0.3 is 6.18 Å². The molecule has 0 aliphatic carbocycles. The molecule has 5 rings (SSSR count). The third-order valence-corrected chi connectivity index (χ3v) is 7.69. The van der Waals surface area contributed by atoms with Gasteiger partial charge in [-0.25, -0.2) is 9.37 Å². The fraction of sp³-hybridized carbons (Fsp3) is 0.400. The number of amides is 1. The van der Waals surface area contributed by atoms with Crippen molar-refractivity contribution in [3.63, 3.8) is 0 Å². The second-order valence-corrected chi connectivity index (χ2v) is 10.4. The van der Waals surface area contributed by atoms with Crippen LogP contribution in [0.2, 0.25) is 0 Å². The van der Waals surface area contributed by atoms with Crippen molar-refractivity contribution in [2.75, 3.05) is 62.1 Å². The Morgan fingerprint density at radius 3 is 2.62 bits per heavy atom. The van der Waals surface area contributed by atoms with E-state index in [1.807, 2.05) is 6.92 Å². The summed E-state index contributed by atoms with van der Waals surface area (Å²) >= 11 is 0. The highest BCUT2D eigenvalue weighted by atomic mass is 19.4. The largest absolute Gasteiger partial charge is 0.492 e. The number of anilines is 5. The summed E-state index contributed by atoms with van der Waals surface area (Å²) in [6.45, 7) is 3.07. The summed E-state index contributed by atoms with van der Waals surface area (Å²) in [5.74, 6) is 0.704. The Morgan fingerprint density at radius 2 is 1.88 bits per heavy atom. The minimum Gasteiger partial charge on any atom is -0.492 e. The molecule has 2 aliphatic rings. The van der Waals surface area contributed by atoms with Crippen molar-refractivity contribution in [3.05, 3.63) is 65.9 Å². The molecule has 0 radical (unpaired) electrons. The number of likely N-dealkylation sites (tertiary alicyclic amines) is 1. The number of nitrogens with zero attached hydrogens (tertiary/aromatic N) is 4. The predicted octanol–water partition coefficient (Wildman–Crippen LogP) is 5.82. The maximum absolute atomic E-state index is 14.3. The molecule has 0 saturated carbocycles. The molecule has 3 heterocycles. The fourth-order valence-corrected chi connectivity index (χ4v) is 5.67. The Hall–Kier alpha value is -4.06. The molecule has 12 heteroatoms. The SMILES string of the molecule is CCOc1cc(C(=O)N2CC[C@@H](NCCF)C2)ccc1Nc1cc2c(cn1)N(C)C(C(F)(F)F)c1ccccc1N2C. The fourth-order valence-electron chi connectivity index (χ4n) is 5.67. The van der Waals surface area contributed by atoms with Gasteiger partial charge < -0.3 is 30.1 Å². The number of benzene rings is 2.